The van der Waals surface area contributed by atoms with E-state index in [0.717, 1.165) is 23.1 Å². The molecule has 0 spiro atoms. The monoisotopic (exact) mass is 338 g/mol. The minimum absolute atomic E-state index is 0.699. The molecule has 0 saturated carbocycles. The molecule has 4 heteroatoms. The molecular weight excluding hydrogens is 320 g/mol. The average Bonchev–Trinajstić information content (AvgIpc) is 2.42. The van der Waals surface area contributed by atoms with Gasteiger partial charge in [-0.2, -0.15) is 11.8 Å². The van der Waals surface area contributed by atoms with E-state index >= 15 is 0 Å². The summed E-state index contributed by atoms with van der Waals surface area (Å²) in [7, 11) is 0. The molecule has 2 nitrogen and oxygen atoms in total. The van der Waals surface area contributed by atoms with Gasteiger partial charge in [0.2, 0.25) is 0 Å². The minimum Gasteiger partial charge on any atom is -0.312 e. The second-order valence-electron chi connectivity index (χ2n) is 4.80. The second-order valence-corrected chi connectivity index (χ2v) is 6.56. The van der Waals surface area contributed by atoms with Crippen LogP contribution in [0.4, 0.5) is 0 Å². The first-order valence-corrected chi connectivity index (χ1v) is 8.63. The van der Waals surface area contributed by atoms with E-state index in [9.17, 15) is 0 Å². The van der Waals surface area contributed by atoms with Crippen molar-refractivity contribution in [2.45, 2.75) is 13.5 Å². The molecule has 0 radical (unpaired) electrons. The van der Waals surface area contributed by atoms with Crippen LogP contribution in [0.2, 0.25) is 0 Å². The number of rotatable bonds is 6. The summed E-state index contributed by atoms with van der Waals surface area (Å²) in [5.74, 6) is 1.90. The zero-order valence-corrected chi connectivity index (χ0v) is 13.7. The number of nitrogens with zero attached hydrogens (tertiary/aromatic N) is 1. The Balaban J connectivity index is 2.07. The first kappa shape index (κ1) is 14.8. The van der Waals surface area contributed by atoms with Crippen molar-refractivity contribution in [3.63, 3.8) is 0 Å². The molecule has 0 bridgehead atoms. The average molecular weight is 339 g/mol. The Morgan fingerprint density at radius 3 is 3.00 bits per heavy atom. The third kappa shape index (κ3) is 3.94. The first-order valence-electron chi connectivity index (χ1n) is 6.44. The molecular formula is C15H19BrN2S. The number of hydrogen-bond donors (Lipinski definition) is 1. The Hall–Kier alpha value is -0.580. The van der Waals surface area contributed by atoms with Crippen LogP contribution in [-0.4, -0.2) is 23.5 Å². The van der Waals surface area contributed by atoms with Crippen LogP contribution >= 0.6 is 27.7 Å². The van der Waals surface area contributed by atoms with Crippen molar-refractivity contribution < 1.29 is 0 Å². The molecule has 0 aliphatic carbocycles. The van der Waals surface area contributed by atoms with E-state index in [1.165, 1.54) is 16.7 Å². The normalized spacial score (nSPS) is 12.8. The molecule has 0 saturated heterocycles. The standard InChI is InChI=1S/C15H19BrN2S/c1-11(10-19-2)8-17-9-12-5-6-14(16)13-4-3-7-18-15(12)13/h3-7,11,17H,8-10H2,1-2H3. The van der Waals surface area contributed by atoms with E-state index < -0.39 is 0 Å². The number of halogens is 1. The van der Waals surface area contributed by atoms with Gasteiger partial charge >= 0.3 is 0 Å². The molecule has 1 unspecified atom stereocenters. The number of aromatic nitrogens is 1. The maximum Gasteiger partial charge on any atom is 0.0758 e. The highest BCUT2D eigenvalue weighted by atomic mass is 79.9. The van der Waals surface area contributed by atoms with Gasteiger partial charge in [-0.25, -0.2) is 0 Å². The van der Waals surface area contributed by atoms with E-state index in [1.807, 2.05) is 24.0 Å². The molecule has 2 aromatic rings. The van der Waals surface area contributed by atoms with Gasteiger partial charge in [-0.1, -0.05) is 35.0 Å². The van der Waals surface area contributed by atoms with Gasteiger partial charge in [0, 0.05) is 22.6 Å². The predicted octanol–water partition coefficient (Wildman–Crippen LogP) is 4.09. The molecule has 1 N–H and O–H groups in total. The fourth-order valence-electron chi connectivity index (χ4n) is 2.14. The molecule has 19 heavy (non-hydrogen) atoms. The quantitative estimate of drug-likeness (QED) is 0.858. The zero-order valence-electron chi connectivity index (χ0n) is 11.3. The molecule has 1 aromatic carbocycles. The highest BCUT2D eigenvalue weighted by Crippen LogP contribution is 2.25. The maximum absolute atomic E-state index is 4.50. The van der Waals surface area contributed by atoms with Crippen molar-refractivity contribution >= 4 is 38.6 Å². The Morgan fingerprint density at radius 2 is 2.21 bits per heavy atom. The molecule has 1 aromatic heterocycles. The Bertz CT molecular complexity index is 545. The lowest BCUT2D eigenvalue weighted by Crippen LogP contribution is -2.22. The Labute approximate surface area is 127 Å². The van der Waals surface area contributed by atoms with Crippen molar-refractivity contribution in [2.75, 3.05) is 18.6 Å². The summed E-state index contributed by atoms with van der Waals surface area (Å²) in [6.07, 6.45) is 4.01. The van der Waals surface area contributed by atoms with Crippen molar-refractivity contribution in [1.82, 2.24) is 10.3 Å². The van der Waals surface area contributed by atoms with Crippen LogP contribution < -0.4 is 5.32 Å². The highest BCUT2D eigenvalue weighted by molar-refractivity contribution is 9.10. The summed E-state index contributed by atoms with van der Waals surface area (Å²) in [4.78, 5) is 4.50. The van der Waals surface area contributed by atoms with Crippen LogP contribution in [-0.2, 0) is 6.54 Å². The summed E-state index contributed by atoms with van der Waals surface area (Å²) in [6.45, 7) is 4.20. The van der Waals surface area contributed by atoms with Crippen molar-refractivity contribution in [2.24, 2.45) is 5.92 Å². The molecule has 2 rings (SSSR count). The van der Waals surface area contributed by atoms with Gasteiger partial charge in [0.15, 0.2) is 0 Å². The van der Waals surface area contributed by atoms with Gasteiger partial charge in [0.25, 0.3) is 0 Å². The van der Waals surface area contributed by atoms with Crippen LogP contribution in [0.15, 0.2) is 34.9 Å². The van der Waals surface area contributed by atoms with E-state index in [1.54, 1.807) is 0 Å². The third-order valence-corrected chi connectivity index (χ3v) is 4.65. The molecule has 1 atom stereocenters. The SMILES string of the molecule is CSCC(C)CNCc1ccc(Br)c2cccnc12. The topological polar surface area (TPSA) is 24.9 Å². The Morgan fingerprint density at radius 1 is 1.37 bits per heavy atom. The van der Waals surface area contributed by atoms with Crippen molar-refractivity contribution in [3.8, 4) is 0 Å². The van der Waals surface area contributed by atoms with E-state index in [0.29, 0.717) is 5.92 Å². The molecule has 0 aliphatic rings. The smallest absolute Gasteiger partial charge is 0.0758 e. The van der Waals surface area contributed by atoms with Crippen LogP contribution in [0.3, 0.4) is 0 Å². The fourth-order valence-corrected chi connectivity index (χ4v) is 3.27. The van der Waals surface area contributed by atoms with E-state index in [4.69, 9.17) is 0 Å². The molecule has 0 fully saturated rings. The number of pyridine rings is 1. The maximum atomic E-state index is 4.50. The summed E-state index contributed by atoms with van der Waals surface area (Å²) in [5, 5.41) is 4.71. The van der Waals surface area contributed by atoms with Crippen LogP contribution in [0.5, 0.6) is 0 Å². The van der Waals surface area contributed by atoms with Crippen LogP contribution in [0.25, 0.3) is 10.9 Å². The lowest BCUT2D eigenvalue weighted by Gasteiger charge is -2.12. The van der Waals surface area contributed by atoms with Crippen LogP contribution in [0.1, 0.15) is 12.5 Å². The number of nitrogens with one attached hydrogen (secondary N) is 1. The summed E-state index contributed by atoms with van der Waals surface area (Å²) in [5.41, 5.74) is 2.34. The van der Waals surface area contributed by atoms with Gasteiger partial charge in [-0.3, -0.25) is 4.98 Å². The number of hydrogen-bond acceptors (Lipinski definition) is 3. The van der Waals surface area contributed by atoms with Gasteiger partial charge in [-0.15, -0.1) is 0 Å². The number of fused-ring (bicyclic) bond motifs is 1. The summed E-state index contributed by atoms with van der Waals surface area (Å²) < 4.78 is 1.11. The fraction of sp³-hybridized carbons (Fsp3) is 0.400. The highest BCUT2D eigenvalue weighted by Gasteiger charge is 2.06. The third-order valence-electron chi connectivity index (χ3n) is 3.06. The number of thioether (sulfide) groups is 1. The minimum atomic E-state index is 0.699. The largest absolute Gasteiger partial charge is 0.312 e. The van der Waals surface area contributed by atoms with Gasteiger partial charge < -0.3 is 5.32 Å². The summed E-state index contributed by atoms with van der Waals surface area (Å²) >= 11 is 5.48. The van der Waals surface area contributed by atoms with E-state index in [-0.39, 0.29) is 0 Å². The van der Waals surface area contributed by atoms with E-state index in [2.05, 4.69) is 57.6 Å². The first-order chi connectivity index (χ1) is 9.22. The molecule has 102 valence electrons. The van der Waals surface area contributed by atoms with Gasteiger partial charge in [0.1, 0.15) is 0 Å². The summed E-state index contributed by atoms with van der Waals surface area (Å²) in [6, 6.07) is 8.33. The zero-order chi connectivity index (χ0) is 13.7. The van der Waals surface area contributed by atoms with Gasteiger partial charge in [-0.05, 0) is 42.2 Å². The van der Waals surface area contributed by atoms with Gasteiger partial charge in [0.05, 0.1) is 5.52 Å². The lowest BCUT2D eigenvalue weighted by atomic mass is 10.1. The van der Waals surface area contributed by atoms with Crippen LogP contribution in [0, 0.1) is 5.92 Å². The van der Waals surface area contributed by atoms with Crippen molar-refractivity contribution in [3.05, 3.63) is 40.5 Å². The van der Waals surface area contributed by atoms with Crippen molar-refractivity contribution in [1.29, 1.82) is 0 Å². The Kier molecular flexibility index (Phi) is 5.67. The second kappa shape index (κ2) is 7.27. The molecule has 0 amide bonds. The molecule has 0 aliphatic heterocycles. The lowest BCUT2D eigenvalue weighted by molar-refractivity contribution is 0.560. The predicted molar refractivity (Wildman–Crippen MR) is 88.7 cm³/mol. The number of benzene rings is 1. The molecule has 1 heterocycles.